The average molecular weight is 247 g/mol. The maximum absolute atomic E-state index is 11.8. The van der Waals surface area contributed by atoms with Crippen LogP contribution in [0.1, 0.15) is 11.1 Å². The van der Waals surface area contributed by atoms with E-state index < -0.39 is 0 Å². The van der Waals surface area contributed by atoms with Crippen molar-refractivity contribution in [2.45, 2.75) is 13.0 Å². The van der Waals surface area contributed by atoms with Crippen LogP contribution in [0.25, 0.3) is 0 Å². The number of nitrogens with zero attached hydrogens (tertiary/aromatic N) is 2. The van der Waals surface area contributed by atoms with Gasteiger partial charge in [-0.3, -0.25) is 4.79 Å². The highest BCUT2D eigenvalue weighted by atomic mass is 16.2. The zero-order chi connectivity index (χ0) is 13.1. The molecule has 0 fully saturated rings. The first-order valence-corrected chi connectivity index (χ1v) is 6.32. The minimum Gasteiger partial charge on any atom is -0.365 e. The molecule has 1 aromatic carbocycles. The van der Waals surface area contributed by atoms with E-state index in [-0.39, 0.29) is 5.91 Å². The van der Waals surface area contributed by atoms with Crippen molar-refractivity contribution in [2.24, 2.45) is 0 Å². The monoisotopic (exact) mass is 247 g/mol. The fourth-order valence-electron chi connectivity index (χ4n) is 2.28. The Morgan fingerprint density at radius 2 is 2.11 bits per heavy atom. The van der Waals surface area contributed by atoms with E-state index in [1.54, 1.807) is 19.0 Å². The summed E-state index contributed by atoms with van der Waals surface area (Å²) in [6, 6.07) is 6.35. The summed E-state index contributed by atoms with van der Waals surface area (Å²) in [5, 5.41) is 3.39. The molecule has 1 heterocycles. The predicted molar refractivity (Wildman–Crippen MR) is 73.8 cm³/mol. The number of amides is 1. The van der Waals surface area contributed by atoms with Gasteiger partial charge in [0.05, 0.1) is 6.54 Å². The van der Waals surface area contributed by atoms with E-state index in [0.29, 0.717) is 6.54 Å². The van der Waals surface area contributed by atoms with Gasteiger partial charge in [-0.05, 0) is 30.2 Å². The number of hydrogen-bond acceptors (Lipinski definition) is 3. The third-order valence-electron chi connectivity index (χ3n) is 3.40. The van der Waals surface area contributed by atoms with Crippen LogP contribution in [0.2, 0.25) is 0 Å². The highest BCUT2D eigenvalue weighted by molar-refractivity contribution is 5.81. The molecule has 0 unspecified atom stereocenters. The van der Waals surface area contributed by atoms with Gasteiger partial charge in [0.15, 0.2) is 0 Å². The summed E-state index contributed by atoms with van der Waals surface area (Å²) in [6.07, 6.45) is 1.07. The largest absolute Gasteiger partial charge is 0.365 e. The van der Waals surface area contributed by atoms with Crippen LogP contribution in [0.5, 0.6) is 0 Å². The molecule has 0 saturated heterocycles. The third kappa shape index (κ3) is 2.64. The maximum Gasteiger partial charge on any atom is 0.241 e. The number of hydrogen-bond donors (Lipinski definition) is 1. The highest BCUT2D eigenvalue weighted by Crippen LogP contribution is 2.25. The van der Waals surface area contributed by atoms with Crippen LogP contribution < -0.4 is 10.2 Å². The number of likely N-dealkylation sites (N-methyl/N-ethyl adjacent to an activating group) is 2. The van der Waals surface area contributed by atoms with Crippen LogP contribution in [-0.2, 0) is 17.8 Å². The van der Waals surface area contributed by atoms with Crippen molar-refractivity contribution in [1.29, 1.82) is 0 Å². The number of carbonyl (C=O) groups excluding carboxylic acids is 1. The van der Waals surface area contributed by atoms with Gasteiger partial charge in [-0.25, -0.2) is 0 Å². The second-order valence-electron chi connectivity index (χ2n) is 4.99. The van der Waals surface area contributed by atoms with Gasteiger partial charge in [-0.15, -0.1) is 0 Å². The Bertz CT molecular complexity index is 443. The van der Waals surface area contributed by atoms with Crippen LogP contribution in [0.3, 0.4) is 0 Å². The lowest BCUT2D eigenvalue weighted by Crippen LogP contribution is -2.35. The van der Waals surface area contributed by atoms with Crippen LogP contribution >= 0.6 is 0 Å². The number of benzene rings is 1. The van der Waals surface area contributed by atoms with Crippen LogP contribution in [0.4, 0.5) is 5.69 Å². The third-order valence-corrected chi connectivity index (χ3v) is 3.40. The van der Waals surface area contributed by atoms with Gasteiger partial charge in [0, 0.05) is 33.4 Å². The number of fused-ring (bicyclic) bond motifs is 1. The molecule has 4 nitrogen and oxygen atoms in total. The quantitative estimate of drug-likeness (QED) is 0.860. The molecular weight excluding hydrogens is 226 g/mol. The van der Waals surface area contributed by atoms with Gasteiger partial charge in [0.1, 0.15) is 0 Å². The van der Waals surface area contributed by atoms with E-state index in [0.717, 1.165) is 25.2 Å². The summed E-state index contributed by atoms with van der Waals surface area (Å²) in [5.74, 6) is 0.124. The molecule has 1 aromatic rings. The zero-order valence-electron chi connectivity index (χ0n) is 11.4. The molecule has 0 bridgehead atoms. The Hall–Kier alpha value is -1.55. The van der Waals surface area contributed by atoms with Gasteiger partial charge in [-0.1, -0.05) is 12.1 Å². The standard InChI is InChI=1S/C14H21N3O/c1-16(2)14(18)10-17(3)13-6-4-5-11-7-8-15-9-12(11)13/h4-6,15H,7-10H2,1-3H3. The number of anilines is 1. The van der Waals surface area contributed by atoms with Crippen molar-refractivity contribution >= 4 is 11.6 Å². The lowest BCUT2D eigenvalue weighted by molar-refractivity contribution is -0.127. The summed E-state index contributed by atoms with van der Waals surface area (Å²) in [4.78, 5) is 15.4. The minimum absolute atomic E-state index is 0.124. The van der Waals surface area contributed by atoms with Gasteiger partial charge < -0.3 is 15.1 Å². The fraction of sp³-hybridized carbons (Fsp3) is 0.500. The maximum atomic E-state index is 11.8. The van der Waals surface area contributed by atoms with Crippen LogP contribution in [0.15, 0.2) is 18.2 Å². The normalized spacial score (nSPS) is 13.9. The number of carbonyl (C=O) groups is 1. The molecule has 1 aliphatic heterocycles. The molecule has 1 aliphatic rings. The van der Waals surface area contributed by atoms with E-state index in [1.807, 2.05) is 11.9 Å². The molecule has 0 aliphatic carbocycles. The SMILES string of the molecule is CN(C)C(=O)CN(C)c1cccc2c1CNCC2. The number of nitrogens with one attached hydrogen (secondary N) is 1. The van der Waals surface area contributed by atoms with E-state index in [1.165, 1.54) is 11.1 Å². The van der Waals surface area contributed by atoms with Gasteiger partial charge in [-0.2, -0.15) is 0 Å². The Morgan fingerprint density at radius 3 is 2.83 bits per heavy atom. The molecule has 0 saturated carbocycles. The van der Waals surface area contributed by atoms with Crippen molar-refractivity contribution in [3.8, 4) is 0 Å². The number of rotatable bonds is 3. The van der Waals surface area contributed by atoms with Crippen molar-refractivity contribution in [1.82, 2.24) is 10.2 Å². The molecule has 2 rings (SSSR count). The molecular formula is C14H21N3O. The molecule has 4 heteroatoms. The molecule has 18 heavy (non-hydrogen) atoms. The van der Waals surface area contributed by atoms with Crippen molar-refractivity contribution in [3.63, 3.8) is 0 Å². The Kier molecular flexibility index (Phi) is 3.87. The van der Waals surface area contributed by atoms with Gasteiger partial charge in [0.25, 0.3) is 0 Å². The van der Waals surface area contributed by atoms with Crippen molar-refractivity contribution in [2.75, 3.05) is 39.1 Å². The summed E-state index contributed by atoms with van der Waals surface area (Å²) in [6.45, 7) is 2.35. The first-order valence-electron chi connectivity index (χ1n) is 6.32. The second kappa shape index (κ2) is 5.40. The highest BCUT2D eigenvalue weighted by Gasteiger charge is 2.16. The lowest BCUT2D eigenvalue weighted by atomic mass is 9.99. The summed E-state index contributed by atoms with van der Waals surface area (Å²) >= 11 is 0. The summed E-state index contributed by atoms with van der Waals surface area (Å²) in [5.41, 5.74) is 3.89. The van der Waals surface area contributed by atoms with E-state index in [9.17, 15) is 4.79 Å². The molecule has 0 atom stereocenters. The first-order chi connectivity index (χ1) is 8.59. The van der Waals surface area contributed by atoms with Gasteiger partial charge in [0.2, 0.25) is 5.91 Å². The van der Waals surface area contributed by atoms with Gasteiger partial charge >= 0.3 is 0 Å². The van der Waals surface area contributed by atoms with E-state index >= 15 is 0 Å². The summed E-state index contributed by atoms with van der Waals surface area (Å²) in [7, 11) is 5.56. The Labute approximate surface area is 109 Å². The molecule has 1 amide bonds. The summed E-state index contributed by atoms with van der Waals surface area (Å²) < 4.78 is 0. The van der Waals surface area contributed by atoms with E-state index in [2.05, 4.69) is 23.5 Å². The fourth-order valence-corrected chi connectivity index (χ4v) is 2.28. The topological polar surface area (TPSA) is 35.6 Å². The van der Waals surface area contributed by atoms with Crippen LogP contribution in [0, 0.1) is 0 Å². The molecule has 0 aromatic heterocycles. The van der Waals surface area contributed by atoms with Crippen molar-refractivity contribution < 1.29 is 4.79 Å². The van der Waals surface area contributed by atoms with E-state index in [4.69, 9.17) is 0 Å². The smallest absolute Gasteiger partial charge is 0.241 e. The second-order valence-corrected chi connectivity index (χ2v) is 4.99. The zero-order valence-corrected chi connectivity index (χ0v) is 11.4. The molecule has 98 valence electrons. The molecule has 0 spiro atoms. The minimum atomic E-state index is 0.124. The predicted octanol–water partition coefficient (Wildman–Crippen LogP) is 0.857. The Balaban J connectivity index is 2.20. The van der Waals surface area contributed by atoms with Crippen molar-refractivity contribution in [3.05, 3.63) is 29.3 Å². The molecule has 1 N–H and O–H groups in total. The average Bonchev–Trinajstić information content (AvgIpc) is 2.37. The van der Waals surface area contributed by atoms with Crippen LogP contribution in [-0.4, -0.2) is 45.0 Å². The Morgan fingerprint density at radius 1 is 1.33 bits per heavy atom. The lowest BCUT2D eigenvalue weighted by Gasteiger charge is -2.27. The first kappa shape index (κ1) is 12.9. The molecule has 0 radical (unpaired) electrons.